The second-order valence-corrected chi connectivity index (χ2v) is 6.68. The van der Waals surface area contributed by atoms with Crippen LogP contribution in [0.5, 0.6) is 0 Å². The number of benzene rings is 1. The van der Waals surface area contributed by atoms with E-state index in [0.717, 1.165) is 28.3 Å². The third-order valence-electron chi connectivity index (χ3n) is 4.87. The minimum Gasteiger partial charge on any atom is -0.352 e. The summed E-state index contributed by atoms with van der Waals surface area (Å²) in [6.45, 7) is 6.96. The van der Waals surface area contributed by atoms with E-state index in [1.807, 2.05) is 38.6 Å². The Morgan fingerprint density at radius 2 is 1.90 bits per heavy atom. The molecule has 0 atom stereocenters. The number of rotatable bonds is 5. The summed E-state index contributed by atoms with van der Waals surface area (Å²) in [5.74, 6) is 1.11. The van der Waals surface area contributed by atoms with Gasteiger partial charge in [0.25, 0.3) is 0 Å². The Labute approximate surface area is 187 Å². The van der Waals surface area contributed by atoms with Gasteiger partial charge in [-0.1, -0.05) is 6.07 Å². The number of aromatic nitrogens is 4. The van der Waals surface area contributed by atoms with Crippen molar-refractivity contribution in [2.24, 2.45) is 12.0 Å². The zero-order valence-electron chi connectivity index (χ0n) is 17.3. The highest BCUT2D eigenvalue weighted by atomic mass is 127. The van der Waals surface area contributed by atoms with Gasteiger partial charge in [0.1, 0.15) is 11.6 Å². The predicted molar refractivity (Wildman–Crippen MR) is 123 cm³/mol. The van der Waals surface area contributed by atoms with Crippen LogP contribution >= 0.6 is 24.0 Å². The van der Waals surface area contributed by atoms with Crippen molar-refractivity contribution in [3.8, 4) is 5.69 Å². The van der Waals surface area contributed by atoms with Gasteiger partial charge in [-0.15, -0.1) is 24.0 Å². The molecule has 3 aromatic rings. The van der Waals surface area contributed by atoms with Crippen LogP contribution in [0.25, 0.3) is 5.69 Å². The molecular formula is C20H27FIN7. The monoisotopic (exact) mass is 511 g/mol. The quantitative estimate of drug-likeness (QED) is 0.314. The summed E-state index contributed by atoms with van der Waals surface area (Å²) in [7, 11) is 3.65. The minimum atomic E-state index is -0.287. The standard InChI is InChI=1S/C20H26FN7.HI/c1-13-17(14(2)27(5)26-13)12-25-20(22-4)24-11-16-6-7-19(18(21)10-16)28-9-8-23-15(28)3;/h6-10H,11-12H2,1-5H3,(H2,22,24,25);1H. The Kier molecular flexibility index (Phi) is 7.77. The number of aliphatic imine (C=N–C) groups is 1. The normalized spacial score (nSPS) is 11.3. The molecule has 9 heteroatoms. The lowest BCUT2D eigenvalue weighted by Crippen LogP contribution is -2.36. The minimum absolute atomic E-state index is 0. The molecule has 0 saturated heterocycles. The van der Waals surface area contributed by atoms with E-state index in [2.05, 4.69) is 25.7 Å². The lowest BCUT2D eigenvalue weighted by atomic mass is 10.2. The van der Waals surface area contributed by atoms with Crippen molar-refractivity contribution in [1.82, 2.24) is 30.0 Å². The lowest BCUT2D eigenvalue weighted by Gasteiger charge is -2.13. The Bertz CT molecular complexity index is 1010. The summed E-state index contributed by atoms with van der Waals surface area (Å²) >= 11 is 0. The molecule has 2 heterocycles. The maximum absolute atomic E-state index is 14.5. The van der Waals surface area contributed by atoms with Gasteiger partial charge in [-0.05, 0) is 38.5 Å². The van der Waals surface area contributed by atoms with E-state index < -0.39 is 0 Å². The van der Waals surface area contributed by atoms with Crippen LogP contribution in [0, 0.1) is 26.6 Å². The molecule has 7 nitrogen and oxygen atoms in total. The van der Waals surface area contributed by atoms with Crippen LogP contribution in [0.1, 0.15) is 28.3 Å². The SMILES string of the molecule is CN=C(NCc1ccc(-n2ccnc2C)c(F)c1)NCc1c(C)nn(C)c1C.I. The van der Waals surface area contributed by atoms with Crippen LogP contribution in [0.2, 0.25) is 0 Å². The molecule has 156 valence electrons. The highest BCUT2D eigenvalue weighted by Crippen LogP contribution is 2.17. The molecule has 2 N–H and O–H groups in total. The summed E-state index contributed by atoms with van der Waals surface area (Å²) in [6.07, 6.45) is 3.41. The van der Waals surface area contributed by atoms with E-state index in [1.165, 1.54) is 6.07 Å². The largest absolute Gasteiger partial charge is 0.352 e. The number of guanidine groups is 1. The topological polar surface area (TPSA) is 72.1 Å². The predicted octanol–water partition coefficient (Wildman–Crippen LogP) is 3.15. The lowest BCUT2D eigenvalue weighted by molar-refractivity contribution is 0.613. The highest BCUT2D eigenvalue weighted by molar-refractivity contribution is 14.0. The first kappa shape index (κ1) is 22.9. The fourth-order valence-electron chi connectivity index (χ4n) is 3.14. The highest BCUT2D eigenvalue weighted by Gasteiger charge is 2.11. The first-order valence-corrected chi connectivity index (χ1v) is 9.13. The Morgan fingerprint density at radius 1 is 1.17 bits per heavy atom. The number of imidazole rings is 1. The van der Waals surface area contributed by atoms with Crippen LogP contribution in [0.15, 0.2) is 35.6 Å². The first-order valence-electron chi connectivity index (χ1n) is 9.13. The molecule has 0 amide bonds. The molecule has 1 aromatic carbocycles. The number of hydrogen-bond donors (Lipinski definition) is 2. The van der Waals surface area contributed by atoms with Crippen molar-refractivity contribution in [3.05, 3.63) is 64.7 Å². The van der Waals surface area contributed by atoms with Crippen molar-refractivity contribution in [2.45, 2.75) is 33.9 Å². The van der Waals surface area contributed by atoms with E-state index >= 15 is 0 Å². The maximum Gasteiger partial charge on any atom is 0.191 e. The van der Waals surface area contributed by atoms with E-state index in [9.17, 15) is 4.39 Å². The Morgan fingerprint density at radius 3 is 2.45 bits per heavy atom. The van der Waals surface area contributed by atoms with Crippen LogP contribution in [-0.2, 0) is 20.1 Å². The van der Waals surface area contributed by atoms with Crippen molar-refractivity contribution in [1.29, 1.82) is 0 Å². The second kappa shape index (κ2) is 9.86. The number of aryl methyl sites for hydroxylation is 3. The molecule has 2 aromatic heterocycles. The van der Waals surface area contributed by atoms with Crippen molar-refractivity contribution >= 4 is 29.9 Å². The van der Waals surface area contributed by atoms with Gasteiger partial charge in [0.15, 0.2) is 5.96 Å². The molecule has 0 radical (unpaired) electrons. The second-order valence-electron chi connectivity index (χ2n) is 6.68. The van der Waals surface area contributed by atoms with Gasteiger partial charge in [-0.2, -0.15) is 5.10 Å². The number of halogens is 2. The average molecular weight is 511 g/mol. The van der Waals surface area contributed by atoms with Crippen LogP contribution < -0.4 is 10.6 Å². The number of hydrogen-bond acceptors (Lipinski definition) is 3. The van der Waals surface area contributed by atoms with Gasteiger partial charge in [0, 0.05) is 50.8 Å². The Balaban J connectivity index is 0.00000300. The third kappa shape index (κ3) is 5.14. The summed E-state index contributed by atoms with van der Waals surface area (Å²) in [6, 6.07) is 5.19. The van der Waals surface area contributed by atoms with Gasteiger partial charge in [0.2, 0.25) is 0 Å². The van der Waals surface area contributed by atoms with Gasteiger partial charge in [-0.25, -0.2) is 9.37 Å². The fraction of sp³-hybridized carbons (Fsp3) is 0.350. The molecule has 0 fully saturated rings. The van der Waals surface area contributed by atoms with E-state index in [0.29, 0.717) is 24.7 Å². The molecule has 0 bridgehead atoms. The molecular weight excluding hydrogens is 484 g/mol. The van der Waals surface area contributed by atoms with E-state index in [4.69, 9.17) is 0 Å². The van der Waals surface area contributed by atoms with Crippen molar-refractivity contribution < 1.29 is 4.39 Å². The zero-order chi connectivity index (χ0) is 20.3. The molecule has 0 saturated carbocycles. The smallest absolute Gasteiger partial charge is 0.191 e. The van der Waals surface area contributed by atoms with Crippen LogP contribution in [0.4, 0.5) is 4.39 Å². The summed E-state index contributed by atoms with van der Waals surface area (Å²) < 4.78 is 18.1. The zero-order valence-corrected chi connectivity index (χ0v) is 19.7. The molecule has 0 aliphatic heterocycles. The fourth-order valence-corrected chi connectivity index (χ4v) is 3.14. The molecule has 0 unspecified atom stereocenters. The van der Waals surface area contributed by atoms with Gasteiger partial charge < -0.3 is 15.2 Å². The van der Waals surface area contributed by atoms with Gasteiger partial charge in [-0.3, -0.25) is 9.67 Å². The summed E-state index contributed by atoms with van der Waals surface area (Å²) in [4.78, 5) is 8.38. The number of nitrogens with one attached hydrogen (secondary N) is 2. The summed E-state index contributed by atoms with van der Waals surface area (Å²) in [5, 5.41) is 10.9. The average Bonchev–Trinajstić information content (AvgIpc) is 3.19. The third-order valence-corrected chi connectivity index (χ3v) is 4.87. The van der Waals surface area contributed by atoms with Gasteiger partial charge >= 0.3 is 0 Å². The molecule has 0 aliphatic carbocycles. The number of nitrogens with zero attached hydrogens (tertiary/aromatic N) is 5. The molecule has 3 rings (SSSR count). The molecule has 0 spiro atoms. The van der Waals surface area contributed by atoms with Crippen molar-refractivity contribution in [2.75, 3.05) is 7.05 Å². The van der Waals surface area contributed by atoms with Crippen molar-refractivity contribution in [3.63, 3.8) is 0 Å². The maximum atomic E-state index is 14.5. The van der Waals surface area contributed by atoms with Crippen LogP contribution in [0.3, 0.4) is 0 Å². The molecule has 29 heavy (non-hydrogen) atoms. The van der Waals surface area contributed by atoms with E-state index in [-0.39, 0.29) is 29.8 Å². The van der Waals surface area contributed by atoms with E-state index in [1.54, 1.807) is 30.1 Å². The Hall–Kier alpha value is -2.43. The summed E-state index contributed by atoms with van der Waals surface area (Å²) in [5.41, 5.74) is 4.58. The van der Waals surface area contributed by atoms with Gasteiger partial charge in [0.05, 0.1) is 11.4 Å². The van der Waals surface area contributed by atoms with Crippen LogP contribution in [-0.4, -0.2) is 32.3 Å². The molecule has 0 aliphatic rings. The first-order chi connectivity index (χ1) is 13.4.